The number of amides is 1. The molecule has 2 aromatic carbocycles. The van der Waals surface area contributed by atoms with Gasteiger partial charge in [-0.1, -0.05) is 5.16 Å². The molecule has 1 N–H and O–H groups in total. The molecule has 3 aromatic rings. The second-order valence-corrected chi connectivity index (χ2v) is 6.03. The molecule has 0 bridgehead atoms. The van der Waals surface area contributed by atoms with Crippen LogP contribution in [0.25, 0.3) is 11.3 Å². The Hall–Kier alpha value is -3.68. The molecule has 8 nitrogen and oxygen atoms in total. The Balaban J connectivity index is 1.69. The number of hydrogen-bond donors (Lipinski definition) is 1. The van der Waals surface area contributed by atoms with Gasteiger partial charge in [-0.05, 0) is 50.2 Å². The van der Waals surface area contributed by atoms with Crippen LogP contribution in [0.1, 0.15) is 24.3 Å². The number of anilines is 1. The van der Waals surface area contributed by atoms with Crippen LogP contribution in [0.5, 0.6) is 5.75 Å². The summed E-state index contributed by atoms with van der Waals surface area (Å²) in [6, 6.07) is 14.3. The van der Waals surface area contributed by atoms with Crippen molar-refractivity contribution in [2.75, 3.05) is 5.32 Å². The van der Waals surface area contributed by atoms with Gasteiger partial charge in [-0.15, -0.1) is 0 Å². The van der Waals surface area contributed by atoms with Gasteiger partial charge in [0.05, 0.1) is 11.0 Å². The molecule has 0 saturated carbocycles. The predicted octanol–water partition coefficient (Wildman–Crippen LogP) is 4.29. The Morgan fingerprint density at radius 2 is 1.81 bits per heavy atom. The first kappa shape index (κ1) is 18.1. The van der Waals surface area contributed by atoms with Crippen molar-refractivity contribution in [1.82, 2.24) is 5.16 Å². The molecule has 0 fully saturated rings. The maximum Gasteiger partial charge on any atom is 0.277 e. The standard InChI is InChI=1S/C19H17N3O5/c1-12(2)26-16-9-3-13(4-10-16)18-11-17(21-27-18)19(23)20-14-5-7-15(8-6-14)22(24)25/h3-12H,1-2H3,(H,20,23). The van der Waals surface area contributed by atoms with E-state index < -0.39 is 10.8 Å². The molecule has 8 heteroatoms. The van der Waals surface area contributed by atoms with Gasteiger partial charge in [-0.25, -0.2) is 0 Å². The maximum atomic E-state index is 12.3. The van der Waals surface area contributed by atoms with E-state index in [0.29, 0.717) is 11.4 Å². The van der Waals surface area contributed by atoms with Gasteiger partial charge in [0.25, 0.3) is 11.6 Å². The lowest BCUT2D eigenvalue weighted by Gasteiger charge is -2.09. The molecule has 3 rings (SSSR count). The van der Waals surface area contributed by atoms with Crippen molar-refractivity contribution < 1.29 is 19.0 Å². The Morgan fingerprint density at radius 1 is 1.15 bits per heavy atom. The molecular formula is C19H17N3O5. The van der Waals surface area contributed by atoms with Gasteiger partial charge in [-0.3, -0.25) is 14.9 Å². The normalized spacial score (nSPS) is 10.6. The SMILES string of the molecule is CC(C)Oc1ccc(-c2cc(C(=O)Nc3ccc([N+](=O)[O-])cc3)no2)cc1. The molecule has 0 radical (unpaired) electrons. The van der Waals surface area contributed by atoms with Crippen LogP contribution in [0.4, 0.5) is 11.4 Å². The lowest BCUT2D eigenvalue weighted by atomic mass is 10.1. The molecule has 0 aliphatic rings. The molecule has 138 valence electrons. The molecule has 0 spiro atoms. The average molecular weight is 367 g/mol. The summed E-state index contributed by atoms with van der Waals surface area (Å²) >= 11 is 0. The van der Waals surface area contributed by atoms with E-state index in [1.165, 1.54) is 30.3 Å². The van der Waals surface area contributed by atoms with Crippen LogP contribution in [0.2, 0.25) is 0 Å². The van der Waals surface area contributed by atoms with Crippen molar-refractivity contribution in [1.29, 1.82) is 0 Å². The summed E-state index contributed by atoms with van der Waals surface area (Å²) in [6.45, 7) is 3.89. The first-order valence-corrected chi connectivity index (χ1v) is 8.22. The third-order valence-corrected chi connectivity index (χ3v) is 3.59. The van der Waals surface area contributed by atoms with Crippen LogP contribution in [0, 0.1) is 10.1 Å². The van der Waals surface area contributed by atoms with Crippen molar-refractivity contribution in [3.05, 3.63) is 70.4 Å². The van der Waals surface area contributed by atoms with Crippen molar-refractivity contribution in [3.63, 3.8) is 0 Å². The fourth-order valence-corrected chi connectivity index (χ4v) is 2.35. The van der Waals surface area contributed by atoms with Gasteiger partial charge in [0, 0.05) is 29.4 Å². The highest BCUT2D eigenvalue weighted by Crippen LogP contribution is 2.24. The largest absolute Gasteiger partial charge is 0.491 e. The monoisotopic (exact) mass is 367 g/mol. The van der Waals surface area contributed by atoms with Crippen LogP contribution in [-0.4, -0.2) is 22.1 Å². The molecule has 1 heterocycles. The van der Waals surface area contributed by atoms with Gasteiger partial charge in [0.15, 0.2) is 11.5 Å². The fraction of sp³-hybridized carbons (Fsp3) is 0.158. The molecule has 0 unspecified atom stereocenters. The number of nitrogens with one attached hydrogen (secondary N) is 1. The Kier molecular flexibility index (Phi) is 5.16. The van der Waals surface area contributed by atoms with E-state index in [2.05, 4.69) is 10.5 Å². The minimum atomic E-state index is -0.507. The maximum absolute atomic E-state index is 12.3. The smallest absolute Gasteiger partial charge is 0.277 e. The number of nitro groups is 1. The highest BCUT2D eigenvalue weighted by molar-refractivity contribution is 6.03. The summed E-state index contributed by atoms with van der Waals surface area (Å²) in [4.78, 5) is 22.4. The topological polar surface area (TPSA) is 108 Å². The first-order valence-electron chi connectivity index (χ1n) is 8.22. The number of aromatic nitrogens is 1. The minimum absolute atomic E-state index is 0.0541. The number of carbonyl (C=O) groups is 1. The van der Waals surface area contributed by atoms with E-state index in [4.69, 9.17) is 9.26 Å². The highest BCUT2D eigenvalue weighted by atomic mass is 16.6. The second-order valence-electron chi connectivity index (χ2n) is 6.03. The summed E-state index contributed by atoms with van der Waals surface area (Å²) in [6.07, 6.45) is 0.0795. The number of nitrogens with zero attached hydrogens (tertiary/aromatic N) is 2. The molecule has 1 aromatic heterocycles. The quantitative estimate of drug-likeness (QED) is 0.514. The van der Waals surface area contributed by atoms with Crippen LogP contribution in [-0.2, 0) is 0 Å². The first-order chi connectivity index (χ1) is 12.9. The Bertz CT molecular complexity index is 946. The van der Waals surface area contributed by atoms with Crippen LogP contribution >= 0.6 is 0 Å². The number of ether oxygens (including phenoxy) is 1. The Morgan fingerprint density at radius 3 is 2.41 bits per heavy atom. The van der Waals surface area contributed by atoms with E-state index in [1.54, 1.807) is 0 Å². The number of nitro benzene ring substituents is 1. The van der Waals surface area contributed by atoms with E-state index in [-0.39, 0.29) is 17.5 Å². The van der Waals surface area contributed by atoms with Crippen LogP contribution in [0.3, 0.4) is 0 Å². The summed E-state index contributed by atoms with van der Waals surface area (Å²) < 4.78 is 10.8. The highest BCUT2D eigenvalue weighted by Gasteiger charge is 2.15. The van der Waals surface area contributed by atoms with Crippen molar-refractivity contribution in [2.45, 2.75) is 20.0 Å². The summed E-state index contributed by atoms with van der Waals surface area (Å²) in [5.74, 6) is 0.711. The lowest BCUT2D eigenvalue weighted by molar-refractivity contribution is -0.384. The number of hydrogen-bond acceptors (Lipinski definition) is 6. The van der Waals surface area contributed by atoms with Gasteiger partial charge in [0.2, 0.25) is 0 Å². The van der Waals surface area contributed by atoms with Crippen LogP contribution in [0.15, 0.2) is 59.1 Å². The molecule has 0 saturated heterocycles. The zero-order chi connectivity index (χ0) is 19.4. The molecular weight excluding hydrogens is 350 g/mol. The van der Waals surface area contributed by atoms with Gasteiger partial charge >= 0.3 is 0 Å². The Labute approximate surface area is 154 Å². The van der Waals surface area contributed by atoms with E-state index in [0.717, 1.165) is 11.3 Å². The molecule has 27 heavy (non-hydrogen) atoms. The third kappa shape index (κ3) is 4.49. The van der Waals surface area contributed by atoms with E-state index in [1.807, 2.05) is 38.1 Å². The lowest BCUT2D eigenvalue weighted by Crippen LogP contribution is -2.12. The minimum Gasteiger partial charge on any atom is -0.491 e. The predicted molar refractivity (Wildman–Crippen MR) is 98.8 cm³/mol. The summed E-state index contributed by atoms with van der Waals surface area (Å²) in [5, 5.41) is 17.0. The average Bonchev–Trinajstić information content (AvgIpc) is 3.12. The zero-order valence-corrected chi connectivity index (χ0v) is 14.7. The summed E-state index contributed by atoms with van der Waals surface area (Å²) in [7, 11) is 0. The fourth-order valence-electron chi connectivity index (χ4n) is 2.35. The number of carbonyl (C=O) groups excluding carboxylic acids is 1. The van der Waals surface area contributed by atoms with E-state index >= 15 is 0 Å². The number of benzene rings is 2. The molecule has 0 aliphatic heterocycles. The number of non-ortho nitro benzene ring substituents is 1. The van der Waals surface area contributed by atoms with Crippen LogP contribution < -0.4 is 10.1 Å². The van der Waals surface area contributed by atoms with Crippen molar-refractivity contribution in [2.24, 2.45) is 0 Å². The van der Waals surface area contributed by atoms with Gasteiger partial charge in [-0.2, -0.15) is 0 Å². The molecule has 0 aliphatic carbocycles. The number of rotatable bonds is 6. The zero-order valence-electron chi connectivity index (χ0n) is 14.7. The molecule has 1 amide bonds. The van der Waals surface area contributed by atoms with Gasteiger partial charge < -0.3 is 14.6 Å². The summed E-state index contributed by atoms with van der Waals surface area (Å²) in [5.41, 5.74) is 1.23. The molecule has 0 atom stereocenters. The van der Waals surface area contributed by atoms with Crippen molar-refractivity contribution in [3.8, 4) is 17.1 Å². The van der Waals surface area contributed by atoms with Gasteiger partial charge in [0.1, 0.15) is 5.75 Å². The third-order valence-electron chi connectivity index (χ3n) is 3.59. The van der Waals surface area contributed by atoms with Crippen molar-refractivity contribution >= 4 is 17.3 Å². The van der Waals surface area contributed by atoms with E-state index in [9.17, 15) is 14.9 Å². The second kappa shape index (κ2) is 7.69.